The molecule has 0 saturated carbocycles. The van der Waals surface area contributed by atoms with Crippen LogP contribution in [0.3, 0.4) is 0 Å². The summed E-state index contributed by atoms with van der Waals surface area (Å²) in [4.78, 5) is 35.8. The van der Waals surface area contributed by atoms with Crippen molar-refractivity contribution in [1.82, 2.24) is 10.6 Å². The molecular formula is C18H30N2O8. The topological polar surface area (TPSA) is 154 Å². The first kappa shape index (κ1) is 24.0. The van der Waals surface area contributed by atoms with Crippen LogP contribution in [-0.2, 0) is 23.9 Å². The molecule has 1 aliphatic heterocycles. The average Bonchev–Trinajstić information content (AvgIpc) is 2.98. The Bertz CT molecular complexity index is 601. The molecule has 0 bridgehead atoms. The highest BCUT2D eigenvalue weighted by molar-refractivity contribution is 5.95. The summed E-state index contributed by atoms with van der Waals surface area (Å²) in [6, 6.07) is -1.91. The molecule has 160 valence electrons. The van der Waals surface area contributed by atoms with E-state index < -0.39 is 54.3 Å². The van der Waals surface area contributed by atoms with Gasteiger partial charge < -0.3 is 35.4 Å². The zero-order valence-corrected chi connectivity index (χ0v) is 16.7. The first-order valence-corrected chi connectivity index (χ1v) is 8.86. The van der Waals surface area contributed by atoms with Crippen LogP contribution in [0.4, 0.5) is 0 Å². The third-order valence-electron chi connectivity index (χ3n) is 4.22. The Kier molecular flexibility index (Phi) is 8.55. The number of allylic oxidation sites excluding steroid dienone is 1. The molecule has 0 aromatic carbocycles. The summed E-state index contributed by atoms with van der Waals surface area (Å²) in [6.45, 7) is 5.66. The van der Waals surface area contributed by atoms with Crippen molar-refractivity contribution in [3.63, 3.8) is 0 Å². The van der Waals surface area contributed by atoms with E-state index in [1.54, 1.807) is 6.08 Å². The van der Waals surface area contributed by atoms with E-state index in [4.69, 9.17) is 4.74 Å². The lowest BCUT2D eigenvalue weighted by Gasteiger charge is -2.27. The van der Waals surface area contributed by atoms with Crippen molar-refractivity contribution in [2.75, 3.05) is 14.2 Å². The summed E-state index contributed by atoms with van der Waals surface area (Å²) >= 11 is 0. The molecule has 2 unspecified atom stereocenters. The lowest BCUT2D eigenvalue weighted by Crippen LogP contribution is -2.54. The van der Waals surface area contributed by atoms with Gasteiger partial charge >= 0.3 is 5.97 Å². The van der Waals surface area contributed by atoms with Crippen molar-refractivity contribution in [1.29, 1.82) is 0 Å². The minimum Gasteiger partial charge on any atom is -0.467 e. The van der Waals surface area contributed by atoms with Crippen LogP contribution in [-0.4, -0.2) is 83.8 Å². The highest BCUT2D eigenvalue weighted by atomic mass is 16.5. The Morgan fingerprint density at radius 2 is 1.82 bits per heavy atom. The van der Waals surface area contributed by atoms with Crippen molar-refractivity contribution in [3.05, 3.63) is 12.2 Å². The van der Waals surface area contributed by atoms with E-state index in [0.717, 1.165) is 7.11 Å². The summed E-state index contributed by atoms with van der Waals surface area (Å²) in [5.41, 5.74) is -0.254. The van der Waals surface area contributed by atoms with Crippen LogP contribution in [0.15, 0.2) is 12.2 Å². The van der Waals surface area contributed by atoms with Crippen LogP contribution in [0.1, 0.15) is 27.2 Å². The number of ether oxygens (including phenoxy) is 2. The Morgan fingerprint density at radius 3 is 2.32 bits per heavy atom. The third kappa shape index (κ3) is 6.55. The molecule has 1 fully saturated rings. The molecule has 6 atom stereocenters. The number of rotatable bonds is 8. The number of hydrogen-bond acceptors (Lipinski definition) is 8. The number of hydrogen-bond donors (Lipinski definition) is 5. The van der Waals surface area contributed by atoms with Gasteiger partial charge in [-0.1, -0.05) is 32.9 Å². The van der Waals surface area contributed by atoms with Gasteiger partial charge in [-0.25, -0.2) is 4.79 Å². The van der Waals surface area contributed by atoms with Gasteiger partial charge in [0.2, 0.25) is 5.91 Å². The van der Waals surface area contributed by atoms with Crippen molar-refractivity contribution >= 4 is 17.8 Å². The van der Waals surface area contributed by atoms with Gasteiger partial charge in [-0.3, -0.25) is 9.59 Å². The predicted molar refractivity (Wildman–Crippen MR) is 97.9 cm³/mol. The van der Waals surface area contributed by atoms with E-state index in [-0.39, 0.29) is 11.8 Å². The highest BCUT2D eigenvalue weighted by Crippen LogP contribution is 2.17. The molecule has 1 saturated heterocycles. The second-order valence-electron chi connectivity index (χ2n) is 7.73. The third-order valence-corrected chi connectivity index (χ3v) is 4.22. The van der Waals surface area contributed by atoms with E-state index in [1.807, 2.05) is 20.8 Å². The van der Waals surface area contributed by atoms with Crippen molar-refractivity contribution in [3.8, 4) is 0 Å². The molecule has 28 heavy (non-hydrogen) atoms. The van der Waals surface area contributed by atoms with Gasteiger partial charge in [0.05, 0.1) is 7.11 Å². The Hall–Kier alpha value is -2.01. The number of aliphatic hydroxyl groups excluding tert-OH is 3. The summed E-state index contributed by atoms with van der Waals surface area (Å²) < 4.78 is 9.50. The molecule has 0 spiro atoms. The van der Waals surface area contributed by atoms with E-state index in [9.17, 15) is 29.7 Å². The Labute approximate surface area is 163 Å². The number of methoxy groups -OCH3 is 2. The first-order valence-electron chi connectivity index (χ1n) is 8.86. The summed E-state index contributed by atoms with van der Waals surface area (Å²) in [7, 11) is 2.32. The second-order valence-corrected chi connectivity index (χ2v) is 7.73. The summed E-state index contributed by atoms with van der Waals surface area (Å²) in [5, 5.41) is 35.2. The average molecular weight is 402 g/mol. The number of amides is 2. The number of nitrogens with one attached hydrogen (secondary N) is 2. The van der Waals surface area contributed by atoms with Crippen molar-refractivity contribution < 1.29 is 39.2 Å². The van der Waals surface area contributed by atoms with Gasteiger partial charge in [-0.15, -0.1) is 0 Å². The monoisotopic (exact) mass is 402 g/mol. The van der Waals surface area contributed by atoms with Crippen LogP contribution < -0.4 is 10.6 Å². The Morgan fingerprint density at radius 1 is 1.21 bits per heavy atom. The number of aliphatic hydroxyl groups is 3. The fourth-order valence-corrected chi connectivity index (χ4v) is 2.63. The van der Waals surface area contributed by atoms with Crippen LogP contribution in [0.5, 0.6) is 0 Å². The molecule has 10 heteroatoms. The largest absolute Gasteiger partial charge is 0.467 e. The Balaban J connectivity index is 2.75. The van der Waals surface area contributed by atoms with E-state index in [2.05, 4.69) is 15.4 Å². The maximum atomic E-state index is 12.4. The molecule has 1 aliphatic rings. The number of carbonyl (C=O) groups is 3. The molecule has 0 aromatic heterocycles. The van der Waals surface area contributed by atoms with Gasteiger partial charge in [0.25, 0.3) is 5.91 Å². The smallest absolute Gasteiger partial charge is 0.328 e. The fraction of sp³-hybridized carbons (Fsp3) is 0.722. The SMILES string of the molecule is COC(=O)C1CC(NC(=O)[C@H](OC)[C@H](O)[C@@H](O)[C@H](O)/C=C/C(C)(C)C)C(=O)N1. The maximum absolute atomic E-state index is 12.4. The van der Waals surface area contributed by atoms with Crippen LogP contribution >= 0.6 is 0 Å². The molecule has 2 amide bonds. The van der Waals surface area contributed by atoms with Gasteiger partial charge in [-0.2, -0.15) is 0 Å². The normalized spacial score (nSPS) is 24.4. The maximum Gasteiger partial charge on any atom is 0.328 e. The quantitative estimate of drug-likeness (QED) is 0.236. The van der Waals surface area contributed by atoms with Gasteiger partial charge in [0, 0.05) is 13.5 Å². The van der Waals surface area contributed by atoms with Crippen LogP contribution in [0.25, 0.3) is 0 Å². The van der Waals surface area contributed by atoms with Crippen molar-refractivity contribution in [2.24, 2.45) is 5.41 Å². The number of carbonyl (C=O) groups excluding carboxylic acids is 3. The molecular weight excluding hydrogens is 372 g/mol. The lowest BCUT2D eigenvalue weighted by atomic mass is 9.94. The predicted octanol–water partition coefficient (Wildman–Crippen LogP) is -1.77. The second kappa shape index (κ2) is 9.97. The number of esters is 1. The van der Waals surface area contributed by atoms with Crippen LogP contribution in [0, 0.1) is 5.41 Å². The fourth-order valence-electron chi connectivity index (χ4n) is 2.63. The minimum absolute atomic E-state index is 0.0245. The summed E-state index contributed by atoms with van der Waals surface area (Å²) in [6.07, 6.45) is -3.48. The zero-order chi connectivity index (χ0) is 21.6. The van der Waals surface area contributed by atoms with Crippen LogP contribution in [0.2, 0.25) is 0 Å². The summed E-state index contributed by atoms with van der Waals surface area (Å²) in [5.74, 6) is -2.09. The van der Waals surface area contributed by atoms with Crippen molar-refractivity contribution in [2.45, 2.75) is 63.7 Å². The minimum atomic E-state index is -1.76. The van der Waals surface area contributed by atoms with E-state index in [1.165, 1.54) is 13.2 Å². The van der Waals surface area contributed by atoms with Gasteiger partial charge in [0.15, 0.2) is 6.10 Å². The molecule has 1 heterocycles. The molecule has 10 nitrogen and oxygen atoms in total. The first-order chi connectivity index (χ1) is 12.9. The standard InChI is InChI=1S/C18H30N2O8/c1-18(2,3)7-6-11(21)12(22)13(23)14(27-4)16(25)19-9-8-10(17(26)28-5)20-15(9)24/h6-7,9-14,21-23H,8H2,1-5H3,(H,19,25)(H,20,24)/b7-6+/t9?,10?,11-,12+,13-,14-/m1/s1. The molecule has 1 rings (SSSR count). The van der Waals surface area contributed by atoms with Gasteiger partial charge in [0.1, 0.15) is 30.4 Å². The zero-order valence-electron chi connectivity index (χ0n) is 16.7. The highest BCUT2D eigenvalue weighted by Gasteiger charge is 2.41. The van der Waals surface area contributed by atoms with E-state index >= 15 is 0 Å². The van der Waals surface area contributed by atoms with E-state index in [0.29, 0.717) is 0 Å². The lowest BCUT2D eigenvalue weighted by molar-refractivity contribution is -0.150. The molecule has 0 aliphatic carbocycles. The molecule has 0 radical (unpaired) electrons. The van der Waals surface area contributed by atoms with Gasteiger partial charge in [-0.05, 0) is 5.41 Å². The molecule has 0 aromatic rings. The molecule has 5 N–H and O–H groups in total.